The first kappa shape index (κ1) is 15.3. The van der Waals surface area contributed by atoms with Gasteiger partial charge in [0.05, 0.1) is 28.6 Å². The number of anilines is 2. The van der Waals surface area contributed by atoms with E-state index in [1.54, 1.807) is 30.3 Å². The number of imidazole rings is 1. The second-order valence-electron chi connectivity index (χ2n) is 5.03. The molecule has 0 spiro atoms. The number of benzene rings is 2. The standard InChI is InChI=1S/C8H6N2O2.C8H8N2O2/c11-8(12)5-1-2-6-7(3-5)10-4-9-6;9-5-1-2-6-7(3-5)12-4-8(11)10-6/h1-4H,(H,9,10)(H,11,12);1-3H,4,9H2,(H,10,11). The maximum Gasteiger partial charge on any atom is 0.335 e. The number of aromatic nitrogens is 2. The highest BCUT2D eigenvalue weighted by molar-refractivity contribution is 5.95. The van der Waals surface area contributed by atoms with Gasteiger partial charge in [-0.25, -0.2) is 9.78 Å². The Kier molecular flexibility index (Phi) is 4.02. The van der Waals surface area contributed by atoms with Gasteiger partial charge in [0.25, 0.3) is 5.91 Å². The van der Waals surface area contributed by atoms with Crippen molar-refractivity contribution in [2.75, 3.05) is 17.7 Å². The summed E-state index contributed by atoms with van der Waals surface area (Å²) in [6.45, 7) is 0.0659. The Morgan fingerprint density at radius 1 is 1.25 bits per heavy atom. The van der Waals surface area contributed by atoms with Crippen molar-refractivity contribution in [2.24, 2.45) is 0 Å². The molecule has 0 fully saturated rings. The molecule has 0 radical (unpaired) electrons. The average molecular weight is 326 g/mol. The van der Waals surface area contributed by atoms with Gasteiger partial charge in [0, 0.05) is 11.8 Å². The number of carboxylic acids is 1. The van der Waals surface area contributed by atoms with Crippen LogP contribution in [0.1, 0.15) is 10.4 Å². The van der Waals surface area contributed by atoms with E-state index in [9.17, 15) is 9.59 Å². The minimum absolute atomic E-state index is 0.0659. The van der Waals surface area contributed by atoms with Crippen LogP contribution in [0.4, 0.5) is 11.4 Å². The fraction of sp³-hybridized carbons (Fsp3) is 0.0625. The van der Waals surface area contributed by atoms with Crippen molar-refractivity contribution in [1.29, 1.82) is 0 Å². The molecule has 1 amide bonds. The van der Waals surface area contributed by atoms with Crippen LogP contribution in [0, 0.1) is 0 Å². The lowest BCUT2D eigenvalue weighted by atomic mass is 10.2. The Morgan fingerprint density at radius 2 is 2.08 bits per heavy atom. The molecule has 4 rings (SSSR count). The number of amides is 1. The van der Waals surface area contributed by atoms with Gasteiger partial charge in [0.2, 0.25) is 0 Å². The summed E-state index contributed by atoms with van der Waals surface area (Å²) in [6, 6.07) is 9.90. The van der Waals surface area contributed by atoms with E-state index in [0.29, 0.717) is 17.1 Å². The van der Waals surface area contributed by atoms with E-state index >= 15 is 0 Å². The summed E-state index contributed by atoms with van der Waals surface area (Å²) in [5, 5.41) is 11.3. The molecule has 2 aromatic carbocycles. The molecule has 2 heterocycles. The molecule has 8 heteroatoms. The van der Waals surface area contributed by atoms with E-state index in [1.807, 2.05) is 0 Å². The molecular formula is C16H14N4O4. The van der Waals surface area contributed by atoms with E-state index in [0.717, 1.165) is 11.0 Å². The predicted molar refractivity (Wildman–Crippen MR) is 88.0 cm³/mol. The molecule has 0 bridgehead atoms. The van der Waals surface area contributed by atoms with Crippen LogP contribution in [-0.2, 0) is 4.79 Å². The van der Waals surface area contributed by atoms with Gasteiger partial charge in [-0.3, -0.25) is 4.79 Å². The molecule has 24 heavy (non-hydrogen) atoms. The Morgan fingerprint density at radius 3 is 2.88 bits per heavy atom. The number of carboxylic acid groups (broad SMARTS) is 1. The van der Waals surface area contributed by atoms with Crippen molar-refractivity contribution >= 4 is 34.3 Å². The first-order valence-electron chi connectivity index (χ1n) is 7.01. The average Bonchev–Trinajstić information content (AvgIpc) is 3.03. The van der Waals surface area contributed by atoms with E-state index in [2.05, 4.69) is 15.3 Å². The van der Waals surface area contributed by atoms with Crippen LogP contribution in [0.5, 0.6) is 5.75 Å². The second-order valence-corrected chi connectivity index (χ2v) is 5.03. The summed E-state index contributed by atoms with van der Waals surface area (Å²) < 4.78 is 5.12. The Bertz CT molecular complexity index is 919. The topological polar surface area (TPSA) is 130 Å². The monoisotopic (exact) mass is 326 g/mol. The fourth-order valence-electron chi connectivity index (χ4n) is 2.16. The van der Waals surface area contributed by atoms with Crippen molar-refractivity contribution in [3.05, 3.63) is 48.3 Å². The number of aromatic carboxylic acids is 1. The van der Waals surface area contributed by atoms with Gasteiger partial charge >= 0.3 is 5.97 Å². The minimum atomic E-state index is -0.925. The van der Waals surface area contributed by atoms with Crippen LogP contribution in [0.25, 0.3) is 11.0 Å². The predicted octanol–water partition coefficient (Wildman–Crippen LogP) is 1.86. The van der Waals surface area contributed by atoms with Crippen molar-refractivity contribution in [3.63, 3.8) is 0 Å². The zero-order valence-corrected chi connectivity index (χ0v) is 12.4. The Hall–Kier alpha value is -3.55. The van der Waals surface area contributed by atoms with Crippen LogP contribution < -0.4 is 15.8 Å². The summed E-state index contributed by atoms with van der Waals surface area (Å²) in [4.78, 5) is 28.2. The summed E-state index contributed by atoms with van der Waals surface area (Å²) in [7, 11) is 0. The van der Waals surface area contributed by atoms with E-state index < -0.39 is 5.97 Å². The van der Waals surface area contributed by atoms with Gasteiger partial charge in [-0.15, -0.1) is 0 Å². The fourth-order valence-corrected chi connectivity index (χ4v) is 2.16. The molecule has 0 atom stereocenters. The van der Waals surface area contributed by atoms with E-state index in [1.165, 1.54) is 12.4 Å². The molecule has 1 aliphatic heterocycles. The molecule has 0 saturated carbocycles. The lowest BCUT2D eigenvalue weighted by Gasteiger charge is -2.17. The number of ether oxygens (including phenoxy) is 1. The molecule has 0 unspecified atom stereocenters. The Labute approximate surface area is 136 Å². The van der Waals surface area contributed by atoms with Crippen LogP contribution in [-0.4, -0.2) is 33.6 Å². The number of hydrogen-bond acceptors (Lipinski definition) is 5. The molecule has 0 aliphatic carbocycles. The number of carbonyl (C=O) groups excluding carboxylic acids is 1. The van der Waals surface area contributed by atoms with Crippen LogP contribution >= 0.6 is 0 Å². The van der Waals surface area contributed by atoms with Gasteiger partial charge < -0.3 is 25.9 Å². The normalized spacial score (nSPS) is 12.4. The molecule has 3 aromatic rings. The number of aromatic amines is 1. The highest BCUT2D eigenvalue weighted by Crippen LogP contribution is 2.29. The summed E-state index contributed by atoms with van der Waals surface area (Å²) in [6.07, 6.45) is 1.54. The highest BCUT2D eigenvalue weighted by atomic mass is 16.5. The smallest absolute Gasteiger partial charge is 0.335 e. The zero-order chi connectivity index (χ0) is 17.1. The first-order valence-corrected chi connectivity index (χ1v) is 7.01. The summed E-state index contributed by atoms with van der Waals surface area (Å²) in [5.41, 5.74) is 8.63. The summed E-state index contributed by atoms with van der Waals surface area (Å²) in [5.74, 6) is -0.423. The first-order chi connectivity index (χ1) is 11.5. The quantitative estimate of drug-likeness (QED) is 0.505. The number of nitrogen functional groups attached to an aromatic ring is 1. The number of H-pyrrole nitrogens is 1. The van der Waals surface area contributed by atoms with Crippen molar-refractivity contribution in [1.82, 2.24) is 9.97 Å². The third-order valence-electron chi connectivity index (χ3n) is 3.31. The van der Waals surface area contributed by atoms with E-state index in [-0.39, 0.29) is 18.1 Å². The molecule has 0 saturated heterocycles. The van der Waals surface area contributed by atoms with Crippen molar-refractivity contribution in [3.8, 4) is 5.75 Å². The SMILES string of the molecule is Nc1ccc2c(c1)OCC(=O)N2.O=C(O)c1ccc2nc[nH]c2c1. The van der Waals surface area contributed by atoms with E-state index in [4.69, 9.17) is 15.6 Å². The number of hydrogen-bond donors (Lipinski definition) is 4. The third-order valence-corrected chi connectivity index (χ3v) is 3.31. The Balaban J connectivity index is 0.000000141. The van der Waals surface area contributed by atoms with Crippen LogP contribution in [0.3, 0.4) is 0 Å². The highest BCUT2D eigenvalue weighted by Gasteiger charge is 2.14. The number of nitrogens with two attached hydrogens (primary N) is 1. The molecular weight excluding hydrogens is 312 g/mol. The van der Waals surface area contributed by atoms with Gasteiger partial charge in [0.15, 0.2) is 6.61 Å². The second kappa shape index (κ2) is 6.29. The third kappa shape index (κ3) is 3.27. The van der Waals surface area contributed by atoms with Crippen molar-refractivity contribution in [2.45, 2.75) is 0 Å². The lowest BCUT2D eigenvalue weighted by molar-refractivity contribution is -0.118. The largest absolute Gasteiger partial charge is 0.482 e. The zero-order valence-electron chi connectivity index (χ0n) is 12.4. The van der Waals surface area contributed by atoms with Gasteiger partial charge in [-0.1, -0.05) is 0 Å². The maximum atomic E-state index is 10.8. The number of rotatable bonds is 1. The molecule has 122 valence electrons. The summed E-state index contributed by atoms with van der Waals surface area (Å²) >= 11 is 0. The number of nitrogens with zero attached hydrogens (tertiary/aromatic N) is 1. The minimum Gasteiger partial charge on any atom is -0.482 e. The maximum absolute atomic E-state index is 10.8. The molecule has 1 aliphatic rings. The van der Waals surface area contributed by atoms with Gasteiger partial charge in [-0.2, -0.15) is 0 Å². The molecule has 8 nitrogen and oxygen atoms in total. The van der Waals surface area contributed by atoms with Gasteiger partial charge in [0.1, 0.15) is 5.75 Å². The molecule has 1 aromatic heterocycles. The number of fused-ring (bicyclic) bond motifs is 2. The van der Waals surface area contributed by atoms with Crippen molar-refractivity contribution < 1.29 is 19.4 Å². The molecule has 5 N–H and O–H groups in total. The number of nitrogens with one attached hydrogen (secondary N) is 2. The van der Waals surface area contributed by atoms with Crippen LogP contribution in [0.2, 0.25) is 0 Å². The van der Waals surface area contributed by atoms with Crippen LogP contribution in [0.15, 0.2) is 42.7 Å². The lowest BCUT2D eigenvalue weighted by Crippen LogP contribution is -2.25. The number of carbonyl (C=O) groups is 2. The van der Waals surface area contributed by atoms with Gasteiger partial charge in [-0.05, 0) is 30.3 Å².